The first-order chi connectivity index (χ1) is 14.2. The molecule has 0 radical (unpaired) electrons. The summed E-state index contributed by atoms with van der Waals surface area (Å²) in [6, 6.07) is 16.5. The van der Waals surface area contributed by atoms with Crippen LogP contribution in [0.15, 0.2) is 59.1 Å². The Kier molecular flexibility index (Phi) is 7.33. The van der Waals surface area contributed by atoms with Crippen molar-refractivity contribution in [2.24, 2.45) is 0 Å². The number of aryl methyl sites for hydroxylation is 1. The minimum atomic E-state index is -0.408. The number of nitrogens with zero attached hydrogens (tertiary/aromatic N) is 3. The third kappa shape index (κ3) is 5.88. The lowest BCUT2D eigenvalue weighted by Gasteiger charge is -2.23. The molecule has 1 aromatic heterocycles. The number of carbonyl (C=O) groups is 1. The molecule has 3 aromatic rings. The van der Waals surface area contributed by atoms with Gasteiger partial charge in [-0.25, -0.2) is 4.39 Å². The predicted molar refractivity (Wildman–Crippen MR) is 110 cm³/mol. The normalized spacial score (nSPS) is 10.7. The summed E-state index contributed by atoms with van der Waals surface area (Å²) >= 11 is 0. The van der Waals surface area contributed by atoms with Crippen LogP contribution in [0.25, 0.3) is 11.4 Å². The van der Waals surface area contributed by atoms with Crippen molar-refractivity contribution in [1.82, 2.24) is 15.5 Å². The summed E-state index contributed by atoms with van der Waals surface area (Å²) in [4.78, 5) is 18.5. The molecule has 152 valence electrons. The van der Waals surface area contributed by atoms with Crippen molar-refractivity contribution in [2.45, 2.75) is 26.2 Å². The second-order valence-corrected chi connectivity index (χ2v) is 6.61. The number of carbonyl (C=O) groups excluding carboxylic acids is 1. The van der Waals surface area contributed by atoms with Gasteiger partial charge in [-0.2, -0.15) is 4.98 Å². The van der Waals surface area contributed by atoms with Crippen LogP contribution in [0.4, 0.5) is 10.1 Å². The summed E-state index contributed by atoms with van der Waals surface area (Å²) in [5.41, 5.74) is 1.47. The van der Waals surface area contributed by atoms with Gasteiger partial charge in [0.15, 0.2) is 0 Å². The number of hydrogen-bond acceptors (Lipinski definition) is 5. The number of aromatic nitrogens is 2. The molecule has 1 N–H and O–H groups in total. The monoisotopic (exact) mass is 396 g/mol. The van der Waals surface area contributed by atoms with Gasteiger partial charge in [-0.1, -0.05) is 35.5 Å². The molecular weight excluding hydrogens is 371 g/mol. The maximum Gasteiger partial charge on any atom is 0.227 e. The van der Waals surface area contributed by atoms with E-state index >= 15 is 0 Å². The molecule has 3 rings (SSSR count). The molecule has 0 aliphatic heterocycles. The Hall–Kier alpha value is -3.22. The molecule has 0 aliphatic carbocycles. The lowest BCUT2D eigenvalue weighted by Crippen LogP contribution is -2.30. The molecule has 0 unspecified atom stereocenters. The third-order valence-electron chi connectivity index (χ3n) is 4.58. The van der Waals surface area contributed by atoms with Crippen molar-refractivity contribution in [3.8, 4) is 11.4 Å². The van der Waals surface area contributed by atoms with E-state index in [1.54, 1.807) is 18.2 Å². The lowest BCUT2D eigenvalue weighted by molar-refractivity contribution is -0.121. The van der Waals surface area contributed by atoms with Gasteiger partial charge in [-0.05, 0) is 37.6 Å². The van der Waals surface area contributed by atoms with Crippen LogP contribution in [0.1, 0.15) is 25.7 Å². The first kappa shape index (κ1) is 20.5. The van der Waals surface area contributed by atoms with E-state index in [9.17, 15) is 9.18 Å². The van der Waals surface area contributed by atoms with Gasteiger partial charge in [-0.15, -0.1) is 0 Å². The topological polar surface area (TPSA) is 71.3 Å². The van der Waals surface area contributed by atoms with Crippen LogP contribution >= 0.6 is 0 Å². The summed E-state index contributed by atoms with van der Waals surface area (Å²) in [7, 11) is 0. The van der Waals surface area contributed by atoms with E-state index in [4.69, 9.17) is 4.52 Å². The molecule has 0 bridgehead atoms. The molecule has 2 aromatic carbocycles. The Morgan fingerprint density at radius 1 is 1.14 bits per heavy atom. The number of amides is 1. The Labute approximate surface area is 169 Å². The smallest absolute Gasteiger partial charge is 0.227 e. The van der Waals surface area contributed by atoms with E-state index in [-0.39, 0.29) is 23.7 Å². The van der Waals surface area contributed by atoms with Gasteiger partial charge in [0, 0.05) is 38.2 Å². The Morgan fingerprint density at radius 3 is 2.66 bits per heavy atom. The van der Waals surface area contributed by atoms with Gasteiger partial charge in [0.2, 0.25) is 17.6 Å². The van der Waals surface area contributed by atoms with Crippen molar-refractivity contribution in [1.29, 1.82) is 0 Å². The van der Waals surface area contributed by atoms with Gasteiger partial charge in [0.1, 0.15) is 5.82 Å². The molecular formula is C22H25FN4O2. The second kappa shape index (κ2) is 10.4. The Bertz CT molecular complexity index is 914. The van der Waals surface area contributed by atoms with Crippen molar-refractivity contribution in [3.63, 3.8) is 0 Å². The Balaban J connectivity index is 1.39. The fourth-order valence-electron chi connectivity index (χ4n) is 3.02. The molecule has 1 heterocycles. The van der Waals surface area contributed by atoms with Gasteiger partial charge in [-0.3, -0.25) is 4.79 Å². The third-order valence-corrected chi connectivity index (χ3v) is 4.58. The highest BCUT2D eigenvalue weighted by molar-refractivity contribution is 5.76. The van der Waals surface area contributed by atoms with Crippen molar-refractivity contribution in [2.75, 3.05) is 24.5 Å². The van der Waals surface area contributed by atoms with Gasteiger partial charge < -0.3 is 14.7 Å². The highest BCUT2D eigenvalue weighted by Crippen LogP contribution is 2.19. The minimum absolute atomic E-state index is 0.0709. The number of nitrogens with one attached hydrogen (secondary N) is 1. The van der Waals surface area contributed by atoms with Gasteiger partial charge in [0.25, 0.3) is 0 Å². The quantitative estimate of drug-likeness (QED) is 0.527. The van der Waals surface area contributed by atoms with Crippen molar-refractivity contribution >= 4 is 11.6 Å². The van der Waals surface area contributed by atoms with Crippen LogP contribution in [0.5, 0.6) is 0 Å². The van der Waals surface area contributed by atoms with Gasteiger partial charge in [0.05, 0.1) is 5.56 Å². The summed E-state index contributed by atoms with van der Waals surface area (Å²) in [5.74, 6) is 0.0336. The Morgan fingerprint density at radius 2 is 1.90 bits per heavy atom. The zero-order valence-electron chi connectivity index (χ0n) is 16.5. The van der Waals surface area contributed by atoms with Crippen molar-refractivity contribution < 1.29 is 13.7 Å². The number of benzene rings is 2. The summed E-state index contributed by atoms with van der Waals surface area (Å²) in [6.45, 7) is 4.51. The number of para-hydroxylation sites is 1. The molecule has 0 aliphatic rings. The summed E-state index contributed by atoms with van der Waals surface area (Å²) in [6.07, 6.45) is 1.42. The molecule has 7 heteroatoms. The maximum atomic E-state index is 13.8. The molecule has 0 spiro atoms. The number of hydrogen-bond donors (Lipinski definition) is 1. The zero-order chi connectivity index (χ0) is 20.5. The molecule has 1 amide bonds. The number of anilines is 1. The molecule has 0 saturated heterocycles. The molecule has 0 saturated carbocycles. The van der Waals surface area contributed by atoms with E-state index in [0.717, 1.165) is 19.5 Å². The minimum Gasteiger partial charge on any atom is -0.372 e. The first-order valence-electron chi connectivity index (χ1n) is 9.81. The molecule has 29 heavy (non-hydrogen) atoms. The van der Waals surface area contributed by atoms with E-state index in [1.807, 2.05) is 18.2 Å². The average molecular weight is 396 g/mol. The summed E-state index contributed by atoms with van der Waals surface area (Å²) in [5, 5.41) is 6.71. The largest absolute Gasteiger partial charge is 0.372 e. The summed E-state index contributed by atoms with van der Waals surface area (Å²) < 4.78 is 18.9. The lowest BCUT2D eigenvalue weighted by atomic mass is 10.2. The number of halogens is 1. The highest BCUT2D eigenvalue weighted by Gasteiger charge is 2.13. The predicted octanol–water partition coefficient (Wildman–Crippen LogP) is 3.84. The highest BCUT2D eigenvalue weighted by atomic mass is 19.1. The molecule has 0 fully saturated rings. The van der Waals surface area contributed by atoms with E-state index in [1.165, 1.54) is 11.8 Å². The standard InChI is InChI=1S/C22H25FN4O2/c1-2-27(17-9-4-3-5-10-17)16-8-15-24-20(28)13-14-21-25-22(26-29-21)18-11-6-7-12-19(18)23/h3-7,9-12H,2,8,13-16H2,1H3,(H,24,28). The molecule has 0 atom stereocenters. The van der Waals surface area contributed by atoms with E-state index in [2.05, 4.69) is 39.4 Å². The fourth-order valence-corrected chi connectivity index (χ4v) is 3.02. The SMILES string of the molecule is CCN(CCCNC(=O)CCc1nc(-c2ccccc2F)no1)c1ccccc1. The fraction of sp³-hybridized carbons (Fsp3) is 0.318. The second-order valence-electron chi connectivity index (χ2n) is 6.61. The zero-order valence-corrected chi connectivity index (χ0v) is 16.5. The van der Waals surface area contributed by atoms with E-state index < -0.39 is 5.82 Å². The van der Waals surface area contributed by atoms with Crippen LogP contribution in [0.3, 0.4) is 0 Å². The van der Waals surface area contributed by atoms with Crippen LogP contribution in [-0.2, 0) is 11.2 Å². The maximum absolute atomic E-state index is 13.8. The average Bonchev–Trinajstić information content (AvgIpc) is 3.22. The number of rotatable bonds is 10. The molecule has 6 nitrogen and oxygen atoms in total. The van der Waals surface area contributed by atoms with Crippen molar-refractivity contribution in [3.05, 3.63) is 66.3 Å². The van der Waals surface area contributed by atoms with Crippen LogP contribution < -0.4 is 10.2 Å². The van der Waals surface area contributed by atoms with Gasteiger partial charge >= 0.3 is 0 Å². The van der Waals surface area contributed by atoms with Crippen LogP contribution in [-0.4, -0.2) is 35.7 Å². The van der Waals surface area contributed by atoms with Crippen LogP contribution in [0.2, 0.25) is 0 Å². The van der Waals surface area contributed by atoms with Crippen LogP contribution in [0, 0.1) is 5.82 Å². The van der Waals surface area contributed by atoms with E-state index in [0.29, 0.717) is 18.9 Å². The first-order valence-corrected chi connectivity index (χ1v) is 9.81.